The Labute approximate surface area is 87.6 Å². The first kappa shape index (κ1) is 9.27. The van der Waals surface area contributed by atoms with E-state index in [0.717, 1.165) is 13.1 Å². The van der Waals surface area contributed by atoms with Crippen LogP contribution >= 0.6 is 11.3 Å². The van der Waals surface area contributed by atoms with Crippen LogP contribution in [-0.2, 0) is 0 Å². The summed E-state index contributed by atoms with van der Waals surface area (Å²) in [4.78, 5) is 7.65. The van der Waals surface area contributed by atoms with Crippen LogP contribution in [0.2, 0.25) is 0 Å². The van der Waals surface area contributed by atoms with Gasteiger partial charge in [0, 0.05) is 11.4 Å². The van der Waals surface area contributed by atoms with Crippen molar-refractivity contribution >= 4 is 17.3 Å². The Hall–Kier alpha value is -1.29. The minimum Gasteiger partial charge on any atom is -0.370 e. The fraction of sp³-hybridized carbons (Fsp3) is 0.300. The zero-order chi connectivity index (χ0) is 9.97. The Balaban J connectivity index is 2.18. The molecule has 0 amide bonds. The Morgan fingerprint density at radius 3 is 3.29 bits per heavy atom. The molecule has 0 spiro atoms. The van der Waals surface area contributed by atoms with E-state index in [9.17, 15) is 0 Å². The zero-order valence-corrected chi connectivity index (χ0v) is 8.70. The van der Waals surface area contributed by atoms with Crippen LogP contribution in [0.1, 0.15) is 10.9 Å². The van der Waals surface area contributed by atoms with Gasteiger partial charge in [-0.2, -0.15) is 0 Å². The van der Waals surface area contributed by atoms with Gasteiger partial charge in [-0.25, -0.2) is 0 Å². The average Bonchev–Trinajstić information content (AvgIpc) is 2.77. The largest absolute Gasteiger partial charge is 0.370 e. The Morgan fingerprint density at radius 2 is 2.64 bits per heavy atom. The highest BCUT2D eigenvalue weighted by molar-refractivity contribution is 7.10. The van der Waals surface area contributed by atoms with Crippen LogP contribution in [0.5, 0.6) is 0 Å². The monoisotopic (exact) mass is 207 g/mol. The summed E-state index contributed by atoms with van der Waals surface area (Å²) in [6, 6.07) is 4.49. The van der Waals surface area contributed by atoms with Crippen molar-refractivity contribution in [2.45, 2.75) is 6.04 Å². The SMILES string of the molecule is C=CCN1C(N)=NCC1c1cccs1. The topological polar surface area (TPSA) is 41.6 Å². The van der Waals surface area contributed by atoms with Crippen molar-refractivity contribution in [2.75, 3.05) is 13.1 Å². The van der Waals surface area contributed by atoms with Gasteiger partial charge in [-0.1, -0.05) is 12.1 Å². The molecule has 1 aromatic heterocycles. The van der Waals surface area contributed by atoms with E-state index in [-0.39, 0.29) is 0 Å². The average molecular weight is 207 g/mol. The van der Waals surface area contributed by atoms with Crippen molar-refractivity contribution in [1.29, 1.82) is 0 Å². The van der Waals surface area contributed by atoms with Crippen LogP contribution < -0.4 is 5.73 Å². The molecule has 1 unspecified atom stereocenters. The van der Waals surface area contributed by atoms with Crippen molar-refractivity contribution in [3.8, 4) is 0 Å². The molecule has 3 nitrogen and oxygen atoms in total. The number of nitrogens with two attached hydrogens (primary N) is 1. The first-order chi connectivity index (χ1) is 6.83. The second-order valence-corrected chi connectivity index (χ2v) is 4.15. The van der Waals surface area contributed by atoms with E-state index in [2.05, 4.69) is 34.0 Å². The Kier molecular flexibility index (Phi) is 2.54. The summed E-state index contributed by atoms with van der Waals surface area (Å²) in [6.45, 7) is 5.25. The van der Waals surface area contributed by atoms with E-state index in [1.165, 1.54) is 4.88 Å². The number of thiophene rings is 1. The normalized spacial score (nSPS) is 21.0. The van der Waals surface area contributed by atoms with E-state index in [1.54, 1.807) is 11.3 Å². The molecule has 1 aliphatic heterocycles. The third kappa shape index (κ3) is 1.53. The quantitative estimate of drug-likeness (QED) is 0.765. The van der Waals surface area contributed by atoms with Crippen LogP contribution in [0, 0.1) is 0 Å². The van der Waals surface area contributed by atoms with E-state index < -0.39 is 0 Å². The molecule has 0 bridgehead atoms. The highest BCUT2D eigenvalue weighted by atomic mass is 32.1. The number of rotatable bonds is 3. The molecule has 2 N–H and O–H groups in total. The van der Waals surface area contributed by atoms with Crippen LogP contribution in [0.15, 0.2) is 35.2 Å². The van der Waals surface area contributed by atoms with Crippen LogP contribution in [-0.4, -0.2) is 23.9 Å². The molecule has 1 atom stereocenters. The predicted octanol–water partition coefficient (Wildman–Crippen LogP) is 1.61. The summed E-state index contributed by atoms with van der Waals surface area (Å²) >= 11 is 1.75. The smallest absolute Gasteiger partial charge is 0.192 e. The highest BCUT2D eigenvalue weighted by Crippen LogP contribution is 2.28. The third-order valence-corrected chi connectivity index (χ3v) is 3.27. The number of aliphatic imine (C=N–C) groups is 1. The summed E-state index contributed by atoms with van der Waals surface area (Å²) in [5.41, 5.74) is 5.79. The van der Waals surface area contributed by atoms with Crippen LogP contribution in [0.4, 0.5) is 0 Å². The lowest BCUT2D eigenvalue weighted by molar-refractivity contribution is 0.385. The molecular weight excluding hydrogens is 194 g/mol. The molecule has 0 aliphatic carbocycles. The van der Waals surface area contributed by atoms with E-state index >= 15 is 0 Å². The molecule has 0 aromatic carbocycles. The maximum absolute atomic E-state index is 5.79. The van der Waals surface area contributed by atoms with Gasteiger partial charge < -0.3 is 10.6 Å². The van der Waals surface area contributed by atoms with Gasteiger partial charge in [0.1, 0.15) is 0 Å². The maximum atomic E-state index is 5.79. The molecule has 2 rings (SSSR count). The summed E-state index contributed by atoms with van der Waals surface area (Å²) < 4.78 is 0. The van der Waals surface area contributed by atoms with E-state index in [0.29, 0.717) is 12.0 Å². The molecule has 1 aromatic rings. The van der Waals surface area contributed by atoms with Gasteiger partial charge in [-0.15, -0.1) is 17.9 Å². The fourth-order valence-electron chi connectivity index (χ4n) is 1.61. The second-order valence-electron chi connectivity index (χ2n) is 3.17. The lowest BCUT2D eigenvalue weighted by Gasteiger charge is -2.23. The minimum atomic E-state index is 0.313. The van der Waals surface area contributed by atoms with Gasteiger partial charge in [-0.3, -0.25) is 4.99 Å². The molecule has 0 saturated carbocycles. The summed E-state index contributed by atoms with van der Waals surface area (Å²) in [7, 11) is 0. The number of guanidine groups is 1. The molecule has 0 fully saturated rings. The highest BCUT2D eigenvalue weighted by Gasteiger charge is 2.26. The van der Waals surface area contributed by atoms with Crippen molar-refractivity contribution in [3.05, 3.63) is 35.0 Å². The predicted molar refractivity (Wildman–Crippen MR) is 60.5 cm³/mol. The van der Waals surface area contributed by atoms with Crippen molar-refractivity contribution in [1.82, 2.24) is 4.90 Å². The summed E-state index contributed by atoms with van der Waals surface area (Å²) in [6.07, 6.45) is 1.86. The van der Waals surface area contributed by atoms with Gasteiger partial charge in [0.2, 0.25) is 0 Å². The summed E-state index contributed by atoms with van der Waals surface area (Å²) in [5, 5.41) is 2.08. The lowest BCUT2D eigenvalue weighted by atomic mass is 10.2. The molecule has 0 saturated heterocycles. The maximum Gasteiger partial charge on any atom is 0.192 e. The van der Waals surface area contributed by atoms with Gasteiger partial charge in [0.25, 0.3) is 0 Å². The Morgan fingerprint density at radius 1 is 1.79 bits per heavy atom. The first-order valence-electron chi connectivity index (χ1n) is 4.54. The van der Waals surface area contributed by atoms with E-state index in [4.69, 9.17) is 5.73 Å². The summed E-state index contributed by atoms with van der Waals surface area (Å²) in [5.74, 6) is 0.628. The molecule has 2 heterocycles. The molecular formula is C10H13N3S. The number of hydrogen-bond donors (Lipinski definition) is 1. The number of hydrogen-bond acceptors (Lipinski definition) is 4. The first-order valence-corrected chi connectivity index (χ1v) is 5.41. The third-order valence-electron chi connectivity index (χ3n) is 2.29. The van der Waals surface area contributed by atoms with Crippen molar-refractivity contribution in [3.63, 3.8) is 0 Å². The standard InChI is InChI=1S/C10H13N3S/c1-2-5-13-8(7-12-10(13)11)9-4-3-6-14-9/h2-4,6,8H,1,5,7H2,(H2,11,12). The lowest BCUT2D eigenvalue weighted by Crippen LogP contribution is -2.35. The second kappa shape index (κ2) is 3.84. The van der Waals surface area contributed by atoms with Gasteiger partial charge >= 0.3 is 0 Å². The zero-order valence-electron chi connectivity index (χ0n) is 7.89. The minimum absolute atomic E-state index is 0.313. The Bertz CT molecular complexity index is 342. The van der Waals surface area contributed by atoms with Crippen LogP contribution in [0.25, 0.3) is 0 Å². The molecule has 14 heavy (non-hydrogen) atoms. The van der Waals surface area contributed by atoms with E-state index in [1.807, 2.05) is 6.08 Å². The van der Waals surface area contributed by atoms with Gasteiger partial charge in [-0.05, 0) is 11.4 Å². The van der Waals surface area contributed by atoms with Gasteiger partial charge in [0.05, 0.1) is 12.6 Å². The molecule has 0 radical (unpaired) electrons. The van der Waals surface area contributed by atoms with Crippen molar-refractivity contribution < 1.29 is 0 Å². The van der Waals surface area contributed by atoms with Crippen molar-refractivity contribution in [2.24, 2.45) is 10.7 Å². The fourth-order valence-corrected chi connectivity index (χ4v) is 2.44. The van der Waals surface area contributed by atoms with Gasteiger partial charge in [0.15, 0.2) is 5.96 Å². The number of nitrogens with zero attached hydrogens (tertiary/aromatic N) is 2. The molecule has 74 valence electrons. The molecule has 1 aliphatic rings. The molecule has 4 heteroatoms. The van der Waals surface area contributed by atoms with Crippen LogP contribution in [0.3, 0.4) is 0 Å².